The Morgan fingerprint density at radius 3 is 2.55 bits per heavy atom. The fourth-order valence-corrected chi connectivity index (χ4v) is 4.72. The van der Waals surface area contributed by atoms with Gasteiger partial charge in [0, 0.05) is 25.2 Å². The molecule has 2 unspecified atom stereocenters. The van der Waals surface area contributed by atoms with Crippen molar-refractivity contribution in [2.45, 2.75) is 52.0 Å². The molecule has 0 bridgehead atoms. The summed E-state index contributed by atoms with van der Waals surface area (Å²) in [5, 5.41) is 12.9. The molecule has 2 aromatic rings. The van der Waals surface area contributed by atoms with Crippen LogP contribution < -0.4 is 0 Å². The summed E-state index contributed by atoms with van der Waals surface area (Å²) in [4.78, 5) is 0. The summed E-state index contributed by atoms with van der Waals surface area (Å²) < 4.78 is 7.55. The topological polar surface area (TPSA) is 32.5 Å². The zero-order valence-corrected chi connectivity index (χ0v) is 18.6. The van der Waals surface area contributed by atoms with E-state index in [0.29, 0.717) is 12.5 Å². The molecule has 3 heteroatoms. The average Bonchev–Trinajstić information content (AvgIpc) is 2.71. The summed E-state index contributed by atoms with van der Waals surface area (Å²) >= 11 is 0. The Bertz CT molecular complexity index is 984. The van der Waals surface area contributed by atoms with Crippen molar-refractivity contribution in [3.63, 3.8) is 0 Å². The molecule has 1 N–H and O–H groups in total. The molecule has 1 aliphatic rings. The Morgan fingerprint density at radius 1 is 1.28 bits per heavy atom. The molecule has 1 heterocycles. The van der Waals surface area contributed by atoms with Crippen LogP contribution in [0.3, 0.4) is 0 Å². The number of nitrogens with zero attached hydrogens (tertiary/aromatic N) is 1. The van der Waals surface area contributed by atoms with Crippen molar-refractivity contribution >= 4 is 17.0 Å². The molecule has 0 saturated carbocycles. The largest absolute Gasteiger partial charge is 0.392 e. The molecule has 0 spiro atoms. The van der Waals surface area contributed by atoms with Gasteiger partial charge in [-0.15, -0.1) is 0 Å². The van der Waals surface area contributed by atoms with Gasteiger partial charge < -0.3 is 9.84 Å². The third-order valence-corrected chi connectivity index (χ3v) is 6.49. The second-order valence-electron chi connectivity index (χ2n) is 8.40. The normalized spacial score (nSPS) is 22.4. The van der Waals surface area contributed by atoms with Crippen LogP contribution in [0.2, 0.25) is 0 Å². The van der Waals surface area contributed by atoms with E-state index in [1.54, 1.807) is 7.11 Å². The molecule has 2 atom stereocenters. The smallest absolute Gasteiger partial charge is 0.195 e. The monoisotopic (exact) mass is 392 g/mol. The third-order valence-electron chi connectivity index (χ3n) is 6.49. The van der Waals surface area contributed by atoms with Crippen LogP contribution in [0.15, 0.2) is 54.3 Å². The number of hydrogen-bond donors (Lipinski definition) is 1. The van der Waals surface area contributed by atoms with Gasteiger partial charge in [-0.1, -0.05) is 51.1 Å². The number of methoxy groups -OCH3 is 1. The average molecular weight is 393 g/mol. The van der Waals surface area contributed by atoms with E-state index in [9.17, 15) is 5.11 Å². The lowest BCUT2D eigenvalue weighted by Crippen LogP contribution is -2.48. The van der Waals surface area contributed by atoms with Gasteiger partial charge in [-0.2, -0.15) is 4.58 Å². The SMILES string of the molecule is C/C=C\[N+]1=Cc2cc(C(C)C)c3ccccc3c2C(C)C1(C)/C(=C/COC)CO. The molecule has 0 saturated heterocycles. The summed E-state index contributed by atoms with van der Waals surface area (Å²) in [5.41, 5.74) is 4.59. The van der Waals surface area contributed by atoms with Crippen LogP contribution in [0.5, 0.6) is 0 Å². The fraction of sp³-hybridized carbons (Fsp3) is 0.423. The highest BCUT2D eigenvalue weighted by molar-refractivity contribution is 5.97. The number of fused-ring (bicyclic) bond motifs is 3. The zero-order chi connectivity index (χ0) is 21.2. The fourth-order valence-electron chi connectivity index (χ4n) is 4.72. The predicted molar refractivity (Wildman–Crippen MR) is 122 cm³/mol. The standard InChI is InChI=1S/C26H34NO2/c1-7-13-27-16-20-15-24(18(2)3)22-10-8-9-11-23(22)25(20)19(4)26(27,5)21(17-28)12-14-29-6/h7-13,15-16,18-19,28H,14,17H2,1-6H3/q+1/b13-7-,21-12+. The van der Waals surface area contributed by atoms with Gasteiger partial charge in [0.1, 0.15) is 0 Å². The molecular formula is C26H34NO2+. The Balaban J connectivity index is 2.36. The number of benzene rings is 2. The quantitative estimate of drug-likeness (QED) is 0.529. The lowest BCUT2D eigenvalue weighted by molar-refractivity contribution is -0.535. The molecule has 1 aliphatic heterocycles. The summed E-state index contributed by atoms with van der Waals surface area (Å²) in [5.74, 6) is 0.632. The Morgan fingerprint density at radius 2 is 1.97 bits per heavy atom. The minimum absolute atomic E-state index is 0.00341. The summed E-state index contributed by atoms with van der Waals surface area (Å²) in [7, 11) is 1.68. The highest BCUT2D eigenvalue weighted by Gasteiger charge is 2.49. The van der Waals surface area contributed by atoms with Crippen LogP contribution in [0, 0.1) is 0 Å². The highest BCUT2D eigenvalue weighted by Crippen LogP contribution is 2.45. The highest BCUT2D eigenvalue weighted by atomic mass is 16.5. The number of rotatable bonds is 6. The molecule has 0 fully saturated rings. The van der Waals surface area contributed by atoms with Crippen molar-refractivity contribution < 1.29 is 14.4 Å². The molecular weight excluding hydrogens is 358 g/mol. The Labute approximate surface area is 175 Å². The van der Waals surface area contributed by atoms with Crippen LogP contribution in [0.4, 0.5) is 0 Å². The number of allylic oxidation sites excluding steroid dienone is 1. The number of aliphatic hydroxyl groups excluding tert-OH is 1. The van der Waals surface area contributed by atoms with Crippen molar-refractivity contribution in [3.8, 4) is 0 Å². The van der Waals surface area contributed by atoms with Gasteiger partial charge in [-0.3, -0.25) is 0 Å². The zero-order valence-electron chi connectivity index (χ0n) is 18.6. The van der Waals surface area contributed by atoms with E-state index in [0.717, 1.165) is 5.57 Å². The lowest BCUT2D eigenvalue weighted by atomic mass is 9.70. The van der Waals surface area contributed by atoms with Crippen molar-refractivity contribution in [2.75, 3.05) is 20.3 Å². The Kier molecular flexibility index (Phi) is 6.40. The van der Waals surface area contributed by atoms with Gasteiger partial charge in [0.05, 0.1) is 19.1 Å². The van der Waals surface area contributed by atoms with Crippen LogP contribution in [-0.4, -0.2) is 41.8 Å². The van der Waals surface area contributed by atoms with Crippen molar-refractivity contribution in [2.24, 2.45) is 0 Å². The van der Waals surface area contributed by atoms with Crippen LogP contribution in [0.1, 0.15) is 63.1 Å². The van der Waals surface area contributed by atoms with Gasteiger partial charge in [0.15, 0.2) is 18.0 Å². The molecule has 154 valence electrons. The molecule has 0 aromatic heterocycles. The lowest BCUT2D eigenvalue weighted by Gasteiger charge is -2.38. The second kappa shape index (κ2) is 8.64. The minimum Gasteiger partial charge on any atom is -0.392 e. The maximum Gasteiger partial charge on any atom is 0.195 e. The first-order chi connectivity index (χ1) is 13.9. The van der Waals surface area contributed by atoms with E-state index in [1.165, 1.54) is 27.5 Å². The van der Waals surface area contributed by atoms with E-state index < -0.39 is 0 Å². The maximum atomic E-state index is 10.3. The predicted octanol–water partition coefficient (Wildman–Crippen LogP) is 5.37. The summed E-state index contributed by atoms with van der Waals surface area (Å²) in [6.45, 7) is 11.5. The van der Waals surface area contributed by atoms with E-state index in [-0.39, 0.29) is 18.1 Å². The first-order valence-corrected chi connectivity index (χ1v) is 10.5. The van der Waals surface area contributed by atoms with Gasteiger partial charge >= 0.3 is 0 Å². The van der Waals surface area contributed by atoms with Crippen molar-refractivity contribution in [3.05, 3.63) is 70.9 Å². The summed E-state index contributed by atoms with van der Waals surface area (Å²) in [6.07, 6.45) is 8.43. The van der Waals surface area contributed by atoms with E-state index in [1.807, 2.05) is 13.0 Å². The van der Waals surface area contributed by atoms with Crippen LogP contribution in [0.25, 0.3) is 10.8 Å². The van der Waals surface area contributed by atoms with E-state index in [4.69, 9.17) is 4.74 Å². The van der Waals surface area contributed by atoms with Gasteiger partial charge in [0.2, 0.25) is 0 Å². The van der Waals surface area contributed by atoms with Crippen molar-refractivity contribution in [1.29, 1.82) is 0 Å². The molecule has 0 aliphatic carbocycles. The first-order valence-electron chi connectivity index (χ1n) is 10.5. The van der Waals surface area contributed by atoms with E-state index in [2.05, 4.69) is 81.1 Å². The molecule has 29 heavy (non-hydrogen) atoms. The number of hydrogen-bond acceptors (Lipinski definition) is 2. The second-order valence-corrected chi connectivity index (χ2v) is 8.40. The van der Waals surface area contributed by atoms with Gasteiger partial charge in [0.25, 0.3) is 0 Å². The third kappa shape index (κ3) is 3.58. The van der Waals surface area contributed by atoms with Gasteiger partial charge in [-0.25, -0.2) is 0 Å². The van der Waals surface area contributed by atoms with E-state index >= 15 is 0 Å². The number of ether oxygens (including phenoxy) is 1. The van der Waals surface area contributed by atoms with Gasteiger partial charge in [-0.05, 0) is 46.9 Å². The summed E-state index contributed by atoms with van der Waals surface area (Å²) in [6, 6.07) is 11.1. The maximum absolute atomic E-state index is 10.3. The van der Waals surface area contributed by atoms with Crippen LogP contribution in [-0.2, 0) is 4.74 Å². The Hall–Kier alpha value is -2.23. The van der Waals surface area contributed by atoms with Crippen molar-refractivity contribution in [1.82, 2.24) is 0 Å². The molecule has 3 nitrogen and oxygen atoms in total. The first kappa shape index (κ1) is 21.5. The molecule has 3 rings (SSSR count). The molecule has 0 amide bonds. The number of aliphatic hydroxyl groups is 1. The minimum atomic E-state index is -0.380. The van der Waals surface area contributed by atoms with Crippen LogP contribution >= 0.6 is 0 Å². The molecule has 2 aromatic carbocycles. The molecule has 0 radical (unpaired) electrons.